The topological polar surface area (TPSA) is 74.2 Å². The highest BCUT2D eigenvalue weighted by Crippen LogP contribution is 2.28. The number of allylic oxidation sites excluding steroid dienone is 1. The second kappa shape index (κ2) is 4.85. The zero-order valence-electron chi connectivity index (χ0n) is 10.6. The van der Waals surface area contributed by atoms with Crippen LogP contribution in [-0.4, -0.2) is 23.3 Å². The maximum Gasteiger partial charge on any atom is 0.233 e. The molecule has 0 bridgehead atoms. The zero-order valence-corrected chi connectivity index (χ0v) is 10.6. The number of ether oxygens (including phenoxy) is 1. The Morgan fingerprint density at radius 3 is 2.68 bits per heavy atom. The summed E-state index contributed by atoms with van der Waals surface area (Å²) in [4.78, 5) is 4.43. The minimum atomic E-state index is 0.0846. The molecule has 1 aliphatic rings. The quantitative estimate of drug-likeness (QED) is 0.852. The van der Waals surface area contributed by atoms with Gasteiger partial charge in [-0.1, -0.05) is 17.3 Å². The molecule has 1 aromatic carbocycles. The molecular weight excluding hydrogens is 242 g/mol. The van der Waals surface area contributed by atoms with Gasteiger partial charge < -0.3 is 15.0 Å². The van der Waals surface area contributed by atoms with Gasteiger partial charge in [-0.25, -0.2) is 0 Å². The summed E-state index contributed by atoms with van der Waals surface area (Å²) in [5.74, 6) is 2.15. The van der Waals surface area contributed by atoms with Gasteiger partial charge in [-0.2, -0.15) is 4.98 Å². The second-order valence-electron chi connectivity index (χ2n) is 4.58. The molecule has 1 aliphatic carbocycles. The van der Waals surface area contributed by atoms with Gasteiger partial charge in [0, 0.05) is 11.6 Å². The molecular formula is C14H15N3O2. The number of methoxy groups -OCH3 is 1. The minimum absolute atomic E-state index is 0.0846. The van der Waals surface area contributed by atoms with E-state index in [4.69, 9.17) is 15.0 Å². The fourth-order valence-corrected chi connectivity index (χ4v) is 2.15. The summed E-state index contributed by atoms with van der Waals surface area (Å²) in [5, 5.41) is 4.01. The summed E-state index contributed by atoms with van der Waals surface area (Å²) in [5.41, 5.74) is 6.73. The molecule has 0 spiro atoms. The number of benzene rings is 1. The molecule has 2 unspecified atom stereocenters. The summed E-state index contributed by atoms with van der Waals surface area (Å²) >= 11 is 0. The molecule has 0 fully saturated rings. The predicted octanol–water partition coefficient (Wildman–Crippen LogP) is 2.12. The molecule has 2 atom stereocenters. The molecule has 5 nitrogen and oxygen atoms in total. The van der Waals surface area contributed by atoms with Gasteiger partial charge in [-0.05, 0) is 30.7 Å². The van der Waals surface area contributed by atoms with Crippen molar-refractivity contribution in [1.82, 2.24) is 10.1 Å². The maximum atomic E-state index is 5.82. The van der Waals surface area contributed by atoms with E-state index in [9.17, 15) is 0 Å². The van der Waals surface area contributed by atoms with Crippen molar-refractivity contribution in [3.05, 3.63) is 42.3 Å². The summed E-state index contributed by atoms with van der Waals surface area (Å²) < 4.78 is 10.4. The molecule has 0 radical (unpaired) electrons. The van der Waals surface area contributed by atoms with Crippen molar-refractivity contribution in [3.8, 4) is 17.1 Å². The molecule has 3 rings (SSSR count). The first-order valence-corrected chi connectivity index (χ1v) is 6.18. The van der Waals surface area contributed by atoms with E-state index in [0.29, 0.717) is 11.7 Å². The van der Waals surface area contributed by atoms with Gasteiger partial charge in [0.2, 0.25) is 11.7 Å². The van der Waals surface area contributed by atoms with Crippen LogP contribution in [-0.2, 0) is 0 Å². The Kier molecular flexibility index (Phi) is 3.05. The van der Waals surface area contributed by atoms with E-state index in [2.05, 4.69) is 10.1 Å². The molecule has 2 aromatic rings. The van der Waals surface area contributed by atoms with Crippen LogP contribution in [0.1, 0.15) is 18.2 Å². The van der Waals surface area contributed by atoms with Gasteiger partial charge >= 0.3 is 0 Å². The number of nitrogens with zero attached hydrogens (tertiary/aromatic N) is 2. The molecule has 0 saturated heterocycles. The van der Waals surface area contributed by atoms with Crippen molar-refractivity contribution in [2.75, 3.05) is 7.11 Å². The lowest BCUT2D eigenvalue weighted by Crippen LogP contribution is -2.14. The highest BCUT2D eigenvalue weighted by molar-refractivity contribution is 5.55. The van der Waals surface area contributed by atoms with E-state index in [1.807, 2.05) is 36.4 Å². The van der Waals surface area contributed by atoms with Gasteiger partial charge in [0.1, 0.15) is 5.75 Å². The van der Waals surface area contributed by atoms with Crippen LogP contribution in [0.4, 0.5) is 0 Å². The Bertz CT molecular complexity index is 589. The average Bonchev–Trinajstić information content (AvgIpc) is 3.07. The van der Waals surface area contributed by atoms with E-state index in [1.165, 1.54) is 0 Å². The smallest absolute Gasteiger partial charge is 0.233 e. The van der Waals surface area contributed by atoms with Crippen molar-refractivity contribution < 1.29 is 9.26 Å². The summed E-state index contributed by atoms with van der Waals surface area (Å²) in [6.07, 6.45) is 4.82. The van der Waals surface area contributed by atoms with Gasteiger partial charge in [0.15, 0.2) is 0 Å². The van der Waals surface area contributed by atoms with Gasteiger partial charge in [0.05, 0.1) is 13.0 Å². The average molecular weight is 257 g/mol. The van der Waals surface area contributed by atoms with Crippen molar-refractivity contribution >= 4 is 0 Å². The molecule has 1 heterocycles. The molecule has 0 aliphatic heterocycles. The number of aromatic nitrogens is 2. The number of hydrogen-bond donors (Lipinski definition) is 1. The number of nitrogens with two attached hydrogens (primary N) is 1. The van der Waals surface area contributed by atoms with Crippen LogP contribution < -0.4 is 10.5 Å². The van der Waals surface area contributed by atoms with Gasteiger partial charge in [0.25, 0.3) is 0 Å². The van der Waals surface area contributed by atoms with Crippen molar-refractivity contribution in [2.24, 2.45) is 5.73 Å². The Morgan fingerprint density at radius 1 is 1.26 bits per heavy atom. The summed E-state index contributed by atoms with van der Waals surface area (Å²) in [6.45, 7) is 0. The van der Waals surface area contributed by atoms with Crippen LogP contribution in [0.3, 0.4) is 0 Å². The summed E-state index contributed by atoms with van der Waals surface area (Å²) in [6, 6.07) is 7.64. The first kappa shape index (κ1) is 11.9. The molecule has 5 heteroatoms. The third-order valence-corrected chi connectivity index (χ3v) is 3.22. The van der Waals surface area contributed by atoms with E-state index >= 15 is 0 Å². The molecule has 1 aromatic heterocycles. The lowest BCUT2D eigenvalue weighted by Gasteiger charge is -2.02. The fraction of sp³-hybridized carbons (Fsp3) is 0.286. The van der Waals surface area contributed by atoms with E-state index in [-0.39, 0.29) is 12.0 Å². The van der Waals surface area contributed by atoms with E-state index in [0.717, 1.165) is 17.7 Å². The Morgan fingerprint density at radius 2 is 2.05 bits per heavy atom. The Balaban J connectivity index is 1.82. The minimum Gasteiger partial charge on any atom is -0.497 e. The summed E-state index contributed by atoms with van der Waals surface area (Å²) in [7, 11) is 1.64. The zero-order chi connectivity index (χ0) is 13.2. The van der Waals surface area contributed by atoms with Crippen LogP contribution in [0, 0.1) is 0 Å². The predicted molar refractivity (Wildman–Crippen MR) is 70.8 cm³/mol. The van der Waals surface area contributed by atoms with Crippen molar-refractivity contribution in [3.63, 3.8) is 0 Å². The van der Waals surface area contributed by atoms with Gasteiger partial charge in [-0.3, -0.25) is 0 Å². The highest BCUT2D eigenvalue weighted by Gasteiger charge is 2.23. The normalized spacial score (nSPS) is 21.8. The largest absolute Gasteiger partial charge is 0.497 e. The number of hydrogen-bond acceptors (Lipinski definition) is 5. The Labute approximate surface area is 111 Å². The molecule has 0 amide bonds. The Hall–Kier alpha value is -2.14. The third kappa shape index (κ3) is 2.37. The van der Waals surface area contributed by atoms with E-state index < -0.39 is 0 Å². The fourth-order valence-electron chi connectivity index (χ4n) is 2.15. The SMILES string of the molecule is COc1ccc(-c2noc(C3C=CC(N)C3)n2)cc1. The monoisotopic (exact) mass is 257 g/mol. The van der Waals surface area contributed by atoms with Crippen LogP contribution >= 0.6 is 0 Å². The van der Waals surface area contributed by atoms with Crippen LogP contribution in [0.2, 0.25) is 0 Å². The van der Waals surface area contributed by atoms with Crippen molar-refractivity contribution in [1.29, 1.82) is 0 Å². The third-order valence-electron chi connectivity index (χ3n) is 3.22. The van der Waals surface area contributed by atoms with E-state index in [1.54, 1.807) is 7.11 Å². The van der Waals surface area contributed by atoms with Crippen LogP contribution in [0.5, 0.6) is 5.75 Å². The van der Waals surface area contributed by atoms with Crippen molar-refractivity contribution in [2.45, 2.75) is 18.4 Å². The maximum absolute atomic E-state index is 5.82. The number of rotatable bonds is 3. The molecule has 98 valence electrons. The lowest BCUT2D eigenvalue weighted by atomic mass is 10.1. The molecule has 0 saturated carbocycles. The molecule has 2 N–H and O–H groups in total. The first-order valence-electron chi connectivity index (χ1n) is 6.18. The standard InChI is InChI=1S/C14H15N3O2/c1-18-12-6-3-9(4-7-12)13-16-14(19-17-13)10-2-5-11(15)8-10/h2-7,10-11H,8,15H2,1H3. The second-order valence-corrected chi connectivity index (χ2v) is 4.58. The van der Waals surface area contributed by atoms with Crippen LogP contribution in [0.15, 0.2) is 40.9 Å². The molecule has 19 heavy (non-hydrogen) atoms. The highest BCUT2D eigenvalue weighted by atomic mass is 16.5. The van der Waals surface area contributed by atoms with Crippen LogP contribution in [0.25, 0.3) is 11.4 Å². The first-order chi connectivity index (χ1) is 9.26. The van der Waals surface area contributed by atoms with Gasteiger partial charge in [-0.15, -0.1) is 0 Å². The lowest BCUT2D eigenvalue weighted by molar-refractivity contribution is 0.365.